The van der Waals surface area contributed by atoms with Gasteiger partial charge in [0.2, 0.25) is 5.91 Å². The Balaban J connectivity index is 1.91. The van der Waals surface area contributed by atoms with E-state index in [0.29, 0.717) is 11.5 Å². The summed E-state index contributed by atoms with van der Waals surface area (Å²) in [4.78, 5) is 28.3. The van der Waals surface area contributed by atoms with Crippen molar-refractivity contribution in [1.82, 2.24) is 10.8 Å². The molecule has 2 aromatic rings. The lowest BCUT2D eigenvalue weighted by Gasteiger charge is -2.21. The third kappa shape index (κ3) is 8.98. The normalized spacial score (nSPS) is 11.3. The highest BCUT2D eigenvalue weighted by atomic mass is 31.2. The predicted octanol–water partition coefficient (Wildman–Crippen LogP) is 3.87. The van der Waals surface area contributed by atoms with E-state index < -0.39 is 38.1 Å². The molecule has 0 aliphatic heterocycles. The van der Waals surface area contributed by atoms with E-state index in [1.165, 1.54) is 0 Å². The molecule has 0 aliphatic rings. The zero-order valence-electron chi connectivity index (χ0n) is 17.0. The molecule has 0 saturated carbocycles. The largest absolute Gasteiger partial charge is 0.449 e. The van der Waals surface area contributed by atoms with Crippen LogP contribution in [0.4, 0.5) is 4.79 Å². The third-order valence-corrected chi connectivity index (χ3v) is 4.73. The van der Waals surface area contributed by atoms with Gasteiger partial charge in [-0.1, -0.05) is 36.4 Å². The third-order valence-electron chi connectivity index (χ3n) is 3.20. The SMILES string of the molecule is CC(C)(C)OC(=O)NOCC(=O)NCP(=O)(Oc1ccccc1)Oc1ccccc1. The molecular weight excluding hydrogens is 411 g/mol. The molecule has 0 unspecified atom stereocenters. The van der Waals surface area contributed by atoms with Crippen molar-refractivity contribution in [2.45, 2.75) is 26.4 Å². The Morgan fingerprint density at radius 2 is 1.40 bits per heavy atom. The lowest BCUT2D eigenvalue weighted by atomic mass is 10.2. The highest BCUT2D eigenvalue weighted by molar-refractivity contribution is 7.54. The first-order valence-corrected chi connectivity index (χ1v) is 10.8. The average molecular weight is 436 g/mol. The van der Waals surface area contributed by atoms with E-state index >= 15 is 0 Å². The number of hydrogen-bond acceptors (Lipinski definition) is 7. The second-order valence-electron chi connectivity index (χ2n) is 7.07. The molecule has 162 valence electrons. The smallest absolute Gasteiger partial charge is 0.442 e. The van der Waals surface area contributed by atoms with E-state index in [1.54, 1.807) is 81.4 Å². The van der Waals surface area contributed by atoms with Crippen LogP contribution in [0.1, 0.15) is 20.8 Å². The fourth-order valence-electron chi connectivity index (χ4n) is 2.06. The van der Waals surface area contributed by atoms with E-state index in [4.69, 9.17) is 18.6 Å². The van der Waals surface area contributed by atoms with Crippen molar-refractivity contribution < 1.29 is 32.8 Å². The number of hydroxylamine groups is 1. The van der Waals surface area contributed by atoms with Crippen LogP contribution in [0.5, 0.6) is 11.5 Å². The molecule has 0 fully saturated rings. The minimum absolute atomic E-state index is 0.328. The zero-order chi connectivity index (χ0) is 22.0. The summed E-state index contributed by atoms with van der Waals surface area (Å²) in [5.41, 5.74) is 1.29. The van der Waals surface area contributed by atoms with Gasteiger partial charge >= 0.3 is 13.7 Å². The number of carbonyl (C=O) groups excluding carboxylic acids is 2. The quantitative estimate of drug-likeness (QED) is 0.453. The summed E-state index contributed by atoms with van der Waals surface area (Å²) in [5, 5.41) is 2.42. The predicted molar refractivity (Wildman–Crippen MR) is 110 cm³/mol. The number of para-hydroxylation sites is 2. The molecule has 0 bridgehead atoms. The fourth-order valence-corrected chi connectivity index (χ4v) is 3.48. The van der Waals surface area contributed by atoms with Crippen LogP contribution in [-0.2, 0) is 18.9 Å². The van der Waals surface area contributed by atoms with Crippen LogP contribution < -0.4 is 19.8 Å². The molecular formula is C20H25N2O7P. The van der Waals surface area contributed by atoms with Gasteiger partial charge in [0.1, 0.15) is 23.4 Å². The van der Waals surface area contributed by atoms with Crippen molar-refractivity contribution in [2.24, 2.45) is 0 Å². The molecule has 9 nitrogen and oxygen atoms in total. The van der Waals surface area contributed by atoms with Crippen molar-refractivity contribution in [2.75, 3.05) is 12.9 Å². The van der Waals surface area contributed by atoms with E-state index in [1.807, 2.05) is 5.48 Å². The summed E-state index contributed by atoms with van der Waals surface area (Å²) in [6, 6.07) is 16.9. The van der Waals surface area contributed by atoms with Gasteiger partial charge in [-0.2, -0.15) is 5.48 Å². The average Bonchev–Trinajstić information content (AvgIpc) is 2.66. The van der Waals surface area contributed by atoms with Crippen LogP contribution in [0.25, 0.3) is 0 Å². The lowest BCUT2D eigenvalue weighted by molar-refractivity contribution is -0.127. The van der Waals surface area contributed by atoms with Crippen LogP contribution in [0.2, 0.25) is 0 Å². The number of amides is 2. The van der Waals surface area contributed by atoms with Gasteiger partial charge in [-0.15, -0.1) is 0 Å². The summed E-state index contributed by atoms with van der Waals surface area (Å²) in [6.45, 7) is 4.55. The summed E-state index contributed by atoms with van der Waals surface area (Å²) in [5.74, 6) is 0.0160. The highest BCUT2D eigenvalue weighted by Gasteiger charge is 2.29. The summed E-state index contributed by atoms with van der Waals surface area (Å²) >= 11 is 0. The van der Waals surface area contributed by atoms with E-state index in [-0.39, 0.29) is 0 Å². The van der Waals surface area contributed by atoms with Crippen molar-refractivity contribution in [3.63, 3.8) is 0 Å². The zero-order valence-corrected chi connectivity index (χ0v) is 17.9. The molecule has 0 radical (unpaired) electrons. The van der Waals surface area contributed by atoms with E-state index in [0.717, 1.165) is 0 Å². The summed E-state index contributed by atoms with van der Waals surface area (Å²) in [7, 11) is -3.80. The Hall–Kier alpha value is -3.03. The topological polar surface area (TPSA) is 112 Å². The summed E-state index contributed by atoms with van der Waals surface area (Å²) < 4.78 is 29.3. The molecule has 10 heteroatoms. The number of carbonyl (C=O) groups is 2. The second-order valence-corrected chi connectivity index (χ2v) is 8.97. The van der Waals surface area contributed by atoms with Crippen LogP contribution in [0, 0.1) is 0 Å². The van der Waals surface area contributed by atoms with E-state index in [9.17, 15) is 14.2 Å². The molecule has 30 heavy (non-hydrogen) atoms. The van der Waals surface area contributed by atoms with Crippen LogP contribution in [-0.4, -0.2) is 30.5 Å². The van der Waals surface area contributed by atoms with Gasteiger partial charge in [0, 0.05) is 0 Å². The molecule has 0 saturated heterocycles. The second kappa shape index (κ2) is 10.7. The van der Waals surface area contributed by atoms with Gasteiger partial charge in [0.05, 0.1) is 0 Å². The molecule has 2 amide bonds. The Morgan fingerprint density at radius 3 is 1.87 bits per heavy atom. The molecule has 0 aromatic heterocycles. The fraction of sp³-hybridized carbons (Fsp3) is 0.300. The Kier molecular flexibility index (Phi) is 8.26. The minimum Gasteiger partial charge on any atom is -0.442 e. The Bertz CT molecular complexity index is 824. The van der Waals surface area contributed by atoms with Crippen LogP contribution in [0.15, 0.2) is 60.7 Å². The number of rotatable bonds is 9. The first kappa shape index (κ1) is 23.3. The van der Waals surface area contributed by atoms with Gasteiger partial charge in [0.15, 0.2) is 6.61 Å². The van der Waals surface area contributed by atoms with Crippen LogP contribution in [0.3, 0.4) is 0 Å². The first-order chi connectivity index (χ1) is 14.2. The van der Waals surface area contributed by atoms with Crippen LogP contribution >= 0.6 is 7.60 Å². The monoisotopic (exact) mass is 436 g/mol. The number of ether oxygens (including phenoxy) is 1. The standard InChI is InChI=1S/C20H25N2O7P/c1-20(2,3)27-19(24)22-26-14-18(23)21-15-30(25,28-16-10-6-4-7-11-16)29-17-12-8-5-9-13-17/h4-13H,14-15H2,1-3H3,(H,21,23)(H,22,24). The molecule has 2 rings (SSSR count). The molecule has 0 spiro atoms. The van der Waals surface area contributed by atoms with Crippen molar-refractivity contribution in [3.8, 4) is 11.5 Å². The first-order valence-electron chi connectivity index (χ1n) is 9.11. The maximum atomic E-state index is 13.2. The van der Waals surface area contributed by atoms with Crippen molar-refractivity contribution >= 4 is 19.6 Å². The highest BCUT2D eigenvalue weighted by Crippen LogP contribution is 2.47. The molecule has 0 atom stereocenters. The number of benzene rings is 2. The van der Waals surface area contributed by atoms with Gasteiger partial charge < -0.3 is 19.1 Å². The number of hydrogen-bond donors (Lipinski definition) is 2. The van der Waals surface area contributed by atoms with Gasteiger partial charge in [-0.05, 0) is 45.0 Å². The summed E-state index contributed by atoms with van der Waals surface area (Å²) in [6.07, 6.45) is -1.24. The number of nitrogens with one attached hydrogen (secondary N) is 2. The lowest BCUT2D eigenvalue weighted by Crippen LogP contribution is -2.36. The van der Waals surface area contributed by atoms with Gasteiger partial charge in [-0.3, -0.25) is 9.63 Å². The van der Waals surface area contributed by atoms with Crippen molar-refractivity contribution in [3.05, 3.63) is 60.7 Å². The molecule has 0 heterocycles. The van der Waals surface area contributed by atoms with Crippen molar-refractivity contribution in [1.29, 1.82) is 0 Å². The van der Waals surface area contributed by atoms with Gasteiger partial charge in [-0.25, -0.2) is 9.36 Å². The molecule has 0 aliphatic carbocycles. The Morgan fingerprint density at radius 1 is 0.900 bits per heavy atom. The van der Waals surface area contributed by atoms with Gasteiger partial charge in [0.25, 0.3) is 0 Å². The molecule has 2 aromatic carbocycles. The Labute approximate surface area is 175 Å². The maximum Gasteiger partial charge on any atom is 0.449 e. The van der Waals surface area contributed by atoms with E-state index in [2.05, 4.69) is 5.32 Å². The molecule has 2 N–H and O–H groups in total. The minimum atomic E-state index is -3.80. The maximum absolute atomic E-state index is 13.2.